The standard InChI is InChI=1S/C11H13F2NO2/c12-9-3-7(4-10(13)11(9)16)5-14-2-1-8(15)6-14/h3-4,8,15-16H,1-2,5-6H2/t8-/m0/s1. The van der Waals surface area contributed by atoms with Crippen molar-refractivity contribution >= 4 is 0 Å². The van der Waals surface area contributed by atoms with Crippen molar-refractivity contribution in [3.8, 4) is 5.75 Å². The molecule has 5 heteroatoms. The first-order valence-corrected chi connectivity index (χ1v) is 5.13. The Hall–Kier alpha value is -1.20. The Kier molecular flexibility index (Phi) is 3.07. The lowest BCUT2D eigenvalue weighted by Gasteiger charge is -2.15. The van der Waals surface area contributed by atoms with E-state index in [0.29, 0.717) is 31.6 Å². The van der Waals surface area contributed by atoms with Crippen molar-refractivity contribution in [2.45, 2.75) is 19.1 Å². The van der Waals surface area contributed by atoms with Crippen molar-refractivity contribution in [2.24, 2.45) is 0 Å². The normalized spacial score (nSPS) is 21.6. The van der Waals surface area contributed by atoms with E-state index in [4.69, 9.17) is 5.11 Å². The third-order valence-electron chi connectivity index (χ3n) is 2.73. The molecule has 1 aliphatic rings. The van der Waals surface area contributed by atoms with Crippen LogP contribution in [0.5, 0.6) is 5.75 Å². The van der Waals surface area contributed by atoms with E-state index in [1.807, 2.05) is 4.90 Å². The van der Waals surface area contributed by atoms with Gasteiger partial charge in [0, 0.05) is 19.6 Å². The van der Waals surface area contributed by atoms with E-state index >= 15 is 0 Å². The molecule has 1 aromatic rings. The third-order valence-corrected chi connectivity index (χ3v) is 2.73. The number of likely N-dealkylation sites (tertiary alicyclic amines) is 1. The lowest BCUT2D eigenvalue weighted by molar-refractivity contribution is 0.174. The maximum atomic E-state index is 13.0. The molecule has 1 aliphatic heterocycles. The number of rotatable bonds is 2. The number of hydrogen-bond donors (Lipinski definition) is 2. The predicted octanol–water partition coefficient (Wildman–Crippen LogP) is 1.24. The van der Waals surface area contributed by atoms with Crippen LogP contribution in [0.15, 0.2) is 12.1 Å². The molecule has 0 spiro atoms. The summed E-state index contributed by atoms with van der Waals surface area (Å²) in [5.41, 5.74) is 0.460. The lowest BCUT2D eigenvalue weighted by atomic mass is 10.2. The zero-order valence-corrected chi connectivity index (χ0v) is 8.66. The van der Waals surface area contributed by atoms with Crippen LogP contribution in [0.4, 0.5) is 8.78 Å². The van der Waals surface area contributed by atoms with E-state index in [9.17, 15) is 13.9 Å². The van der Waals surface area contributed by atoms with E-state index in [1.165, 1.54) is 0 Å². The zero-order chi connectivity index (χ0) is 11.7. The first-order chi connectivity index (χ1) is 7.56. The molecular weight excluding hydrogens is 216 g/mol. The second-order valence-corrected chi connectivity index (χ2v) is 4.09. The Morgan fingerprint density at radius 3 is 2.44 bits per heavy atom. The smallest absolute Gasteiger partial charge is 0.187 e. The number of aliphatic hydroxyl groups is 1. The Balaban J connectivity index is 2.10. The van der Waals surface area contributed by atoms with E-state index in [1.54, 1.807) is 0 Å². The van der Waals surface area contributed by atoms with Crippen LogP contribution in [0.1, 0.15) is 12.0 Å². The van der Waals surface area contributed by atoms with Gasteiger partial charge in [-0.3, -0.25) is 4.90 Å². The van der Waals surface area contributed by atoms with Gasteiger partial charge < -0.3 is 10.2 Å². The largest absolute Gasteiger partial charge is 0.503 e. The molecule has 1 aromatic carbocycles. The van der Waals surface area contributed by atoms with Gasteiger partial charge in [0.2, 0.25) is 0 Å². The molecular formula is C11H13F2NO2. The Morgan fingerprint density at radius 1 is 1.31 bits per heavy atom. The van der Waals surface area contributed by atoms with Gasteiger partial charge in [0.05, 0.1) is 6.10 Å². The van der Waals surface area contributed by atoms with Gasteiger partial charge in [-0.2, -0.15) is 0 Å². The molecule has 0 amide bonds. The number of nitrogens with zero attached hydrogens (tertiary/aromatic N) is 1. The average Bonchev–Trinajstić information content (AvgIpc) is 2.60. The number of aliphatic hydroxyl groups excluding tert-OH is 1. The minimum atomic E-state index is -0.949. The number of phenols is 1. The highest BCUT2D eigenvalue weighted by Crippen LogP contribution is 2.23. The fourth-order valence-electron chi connectivity index (χ4n) is 1.92. The summed E-state index contributed by atoms with van der Waals surface area (Å²) in [5.74, 6) is -2.84. The SMILES string of the molecule is Oc1c(F)cc(CN2CC[C@H](O)C2)cc1F. The predicted molar refractivity (Wildman–Crippen MR) is 53.9 cm³/mol. The second-order valence-electron chi connectivity index (χ2n) is 4.09. The Bertz CT molecular complexity index is 375. The molecule has 1 fully saturated rings. The number of halogens is 2. The van der Waals surface area contributed by atoms with Crippen LogP contribution >= 0.6 is 0 Å². The van der Waals surface area contributed by atoms with Crippen molar-refractivity contribution in [2.75, 3.05) is 13.1 Å². The fraction of sp³-hybridized carbons (Fsp3) is 0.455. The number of β-amino-alcohol motifs (C(OH)–C–C–N with tert-alkyl or cyclic N) is 1. The van der Waals surface area contributed by atoms with E-state index in [2.05, 4.69) is 0 Å². The molecule has 0 unspecified atom stereocenters. The lowest BCUT2D eigenvalue weighted by Crippen LogP contribution is -2.21. The quantitative estimate of drug-likeness (QED) is 0.801. The highest BCUT2D eigenvalue weighted by atomic mass is 19.1. The summed E-state index contributed by atoms with van der Waals surface area (Å²) in [5, 5.41) is 18.2. The molecule has 0 radical (unpaired) electrons. The molecule has 1 heterocycles. The summed E-state index contributed by atoms with van der Waals surface area (Å²) < 4.78 is 26.1. The minimum Gasteiger partial charge on any atom is -0.503 e. The first kappa shape index (κ1) is 11.3. The Morgan fingerprint density at radius 2 is 1.94 bits per heavy atom. The summed E-state index contributed by atoms with van der Waals surface area (Å²) in [4.78, 5) is 1.91. The maximum absolute atomic E-state index is 13.0. The van der Waals surface area contributed by atoms with Gasteiger partial charge in [0.15, 0.2) is 17.4 Å². The van der Waals surface area contributed by atoms with Gasteiger partial charge in [-0.15, -0.1) is 0 Å². The topological polar surface area (TPSA) is 43.7 Å². The molecule has 0 aliphatic carbocycles. The molecule has 88 valence electrons. The van der Waals surface area contributed by atoms with Gasteiger partial charge in [0.25, 0.3) is 0 Å². The van der Waals surface area contributed by atoms with Gasteiger partial charge >= 0.3 is 0 Å². The van der Waals surface area contributed by atoms with E-state index in [-0.39, 0.29) is 6.10 Å². The second kappa shape index (κ2) is 4.35. The van der Waals surface area contributed by atoms with Crippen LogP contribution in [0, 0.1) is 11.6 Å². The summed E-state index contributed by atoms with van der Waals surface area (Å²) in [7, 11) is 0. The molecule has 0 aromatic heterocycles. The molecule has 2 rings (SSSR count). The van der Waals surface area contributed by atoms with Crippen molar-refractivity contribution < 1.29 is 19.0 Å². The monoisotopic (exact) mass is 229 g/mol. The highest BCUT2D eigenvalue weighted by Gasteiger charge is 2.20. The average molecular weight is 229 g/mol. The summed E-state index contributed by atoms with van der Waals surface area (Å²) in [6.45, 7) is 1.61. The van der Waals surface area contributed by atoms with Crippen LogP contribution in [-0.4, -0.2) is 34.3 Å². The molecule has 16 heavy (non-hydrogen) atoms. The van der Waals surface area contributed by atoms with Crippen molar-refractivity contribution in [3.63, 3.8) is 0 Å². The van der Waals surface area contributed by atoms with E-state index < -0.39 is 17.4 Å². The maximum Gasteiger partial charge on any atom is 0.187 e. The minimum absolute atomic E-state index is 0.355. The van der Waals surface area contributed by atoms with Gasteiger partial charge in [-0.05, 0) is 24.1 Å². The van der Waals surface area contributed by atoms with Crippen LogP contribution in [-0.2, 0) is 6.54 Å². The number of aromatic hydroxyl groups is 1. The molecule has 1 atom stereocenters. The van der Waals surface area contributed by atoms with Gasteiger partial charge in [0.1, 0.15) is 0 Å². The van der Waals surface area contributed by atoms with Crippen molar-refractivity contribution in [1.82, 2.24) is 4.90 Å². The summed E-state index contributed by atoms with van der Waals surface area (Å²) >= 11 is 0. The molecule has 1 saturated heterocycles. The van der Waals surface area contributed by atoms with Crippen LogP contribution in [0.25, 0.3) is 0 Å². The molecule has 3 nitrogen and oxygen atoms in total. The molecule has 0 saturated carbocycles. The number of benzene rings is 1. The van der Waals surface area contributed by atoms with Crippen LogP contribution < -0.4 is 0 Å². The van der Waals surface area contributed by atoms with Gasteiger partial charge in [-0.1, -0.05) is 0 Å². The van der Waals surface area contributed by atoms with Crippen molar-refractivity contribution in [1.29, 1.82) is 0 Å². The molecule has 2 N–H and O–H groups in total. The fourth-order valence-corrected chi connectivity index (χ4v) is 1.92. The Labute approximate surface area is 91.9 Å². The number of hydrogen-bond acceptors (Lipinski definition) is 3. The van der Waals surface area contributed by atoms with Crippen LogP contribution in [0.3, 0.4) is 0 Å². The highest BCUT2D eigenvalue weighted by molar-refractivity contribution is 5.30. The number of phenolic OH excluding ortho intramolecular Hbond substituents is 1. The third kappa shape index (κ3) is 2.31. The van der Waals surface area contributed by atoms with Crippen LogP contribution in [0.2, 0.25) is 0 Å². The molecule has 0 bridgehead atoms. The summed E-state index contributed by atoms with van der Waals surface area (Å²) in [6, 6.07) is 2.23. The van der Waals surface area contributed by atoms with E-state index in [0.717, 1.165) is 12.1 Å². The van der Waals surface area contributed by atoms with Gasteiger partial charge in [-0.25, -0.2) is 8.78 Å². The van der Waals surface area contributed by atoms with Crippen molar-refractivity contribution in [3.05, 3.63) is 29.3 Å². The summed E-state index contributed by atoms with van der Waals surface area (Å²) in [6.07, 6.45) is 0.329. The first-order valence-electron chi connectivity index (χ1n) is 5.13. The zero-order valence-electron chi connectivity index (χ0n) is 8.66.